The summed E-state index contributed by atoms with van der Waals surface area (Å²) in [4.78, 5) is 17.7. The summed E-state index contributed by atoms with van der Waals surface area (Å²) in [6.45, 7) is 3.25. The Kier molecular flexibility index (Phi) is 2.67. The van der Waals surface area contributed by atoms with Gasteiger partial charge < -0.3 is 14.8 Å². The van der Waals surface area contributed by atoms with E-state index in [2.05, 4.69) is 14.7 Å². The molecule has 0 aliphatic carbocycles. The molecule has 1 aromatic heterocycles. The summed E-state index contributed by atoms with van der Waals surface area (Å²) >= 11 is 0. The van der Waals surface area contributed by atoms with Crippen LogP contribution in [-0.4, -0.2) is 27.7 Å². The van der Waals surface area contributed by atoms with Gasteiger partial charge in [-0.05, 0) is 13.8 Å². The second-order valence-corrected chi connectivity index (χ2v) is 2.73. The quantitative estimate of drug-likeness (QED) is 0.657. The van der Waals surface area contributed by atoms with E-state index >= 15 is 0 Å². The van der Waals surface area contributed by atoms with Gasteiger partial charge in [-0.3, -0.25) is 0 Å². The fourth-order valence-corrected chi connectivity index (χ4v) is 0.900. The number of aromatic amines is 1. The van der Waals surface area contributed by atoms with Gasteiger partial charge in [-0.1, -0.05) is 0 Å². The minimum atomic E-state index is -1.69. The highest BCUT2D eigenvalue weighted by molar-refractivity contribution is 5.79. The topological polar surface area (TPSA) is 75.2 Å². The lowest BCUT2D eigenvalue weighted by Gasteiger charge is -2.17. The standard InChI is InChI=1S/C8H12N2O3/c1-3-13-7(11)8(2,12)6-9-4-5-10-6/h4-5,12H,3H2,1-2H3,(H,9,10). The monoisotopic (exact) mass is 184 g/mol. The molecule has 0 fully saturated rings. The zero-order chi connectivity index (χ0) is 9.90. The maximum absolute atomic E-state index is 11.2. The van der Waals surface area contributed by atoms with E-state index in [0.29, 0.717) is 0 Å². The van der Waals surface area contributed by atoms with Crippen molar-refractivity contribution < 1.29 is 14.6 Å². The van der Waals surface area contributed by atoms with Crippen LogP contribution >= 0.6 is 0 Å². The molecule has 0 bridgehead atoms. The van der Waals surface area contributed by atoms with Gasteiger partial charge in [0, 0.05) is 12.4 Å². The smallest absolute Gasteiger partial charge is 0.345 e. The number of ether oxygens (including phenoxy) is 1. The van der Waals surface area contributed by atoms with Crippen molar-refractivity contribution in [3.05, 3.63) is 18.2 Å². The van der Waals surface area contributed by atoms with Gasteiger partial charge in [0.25, 0.3) is 0 Å². The average Bonchev–Trinajstić information content (AvgIpc) is 2.56. The third-order valence-electron chi connectivity index (χ3n) is 1.63. The molecule has 0 saturated carbocycles. The van der Waals surface area contributed by atoms with Crippen molar-refractivity contribution in [2.24, 2.45) is 0 Å². The van der Waals surface area contributed by atoms with Gasteiger partial charge in [-0.25, -0.2) is 9.78 Å². The summed E-state index contributed by atoms with van der Waals surface area (Å²) in [6.07, 6.45) is 2.99. The van der Waals surface area contributed by atoms with Crippen molar-refractivity contribution in [1.29, 1.82) is 0 Å². The molecule has 0 amide bonds. The summed E-state index contributed by atoms with van der Waals surface area (Å²) in [5.74, 6) is -0.518. The molecule has 1 atom stereocenters. The number of esters is 1. The Morgan fingerprint density at radius 2 is 2.54 bits per heavy atom. The Morgan fingerprint density at radius 1 is 1.85 bits per heavy atom. The predicted octanol–water partition coefficient (Wildman–Crippen LogP) is 0.180. The molecule has 2 N–H and O–H groups in total. The molecule has 0 aliphatic rings. The number of rotatable bonds is 3. The fourth-order valence-electron chi connectivity index (χ4n) is 0.900. The van der Waals surface area contributed by atoms with Crippen LogP contribution in [0.1, 0.15) is 19.7 Å². The number of carbonyl (C=O) groups excluding carboxylic acids is 1. The van der Waals surface area contributed by atoms with Crippen molar-refractivity contribution in [2.75, 3.05) is 6.61 Å². The van der Waals surface area contributed by atoms with Crippen LogP contribution in [0.3, 0.4) is 0 Å². The van der Waals surface area contributed by atoms with E-state index in [1.54, 1.807) is 6.92 Å². The van der Waals surface area contributed by atoms with E-state index in [1.807, 2.05) is 0 Å². The van der Waals surface area contributed by atoms with Gasteiger partial charge in [0.1, 0.15) is 5.82 Å². The highest BCUT2D eigenvalue weighted by Crippen LogP contribution is 2.17. The Morgan fingerprint density at radius 3 is 3.00 bits per heavy atom. The number of carbonyl (C=O) groups is 1. The lowest BCUT2D eigenvalue weighted by molar-refractivity contribution is -0.165. The number of imidazole rings is 1. The maximum Gasteiger partial charge on any atom is 0.345 e. The molecule has 0 aliphatic heterocycles. The van der Waals surface area contributed by atoms with E-state index in [1.165, 1.54) is 19.3 Å². The second-order valence-electron chi connectivity index (χ2n) is 2.73. The van der Waals surface area contributed by atoms with Gasteiger partial charge in [0.2, 0.25) is 5.60 Å². The first-order valence-electron chi connectivity index (χ1n) is 3.98. The Balaban J connectivity index is 2.82. The molecular weight excluding hydrogens is 172 g/mol. The molecule has 72 valence electrons. The molecule has 0 aromatic carbocycles. The van der Waals surface area contributed by atoms with Gasteiger partial charge in [0.05, 0.1) is 6.61 Å². The first-order valence-corrected chi connectivity index (χ1v) is 3.98. The van der Waals surface area contributed by atoms with Gasteiger partial charge in [0.15, 0.2) is 0 Å². The average molecular weight is 184 g/mol. The number of aliphatic hydroxyl groups is 1. The molecular formula is C8H12N2O3. The molecule has 0 saturated heterocycles. The van der Waals surface area contributed by atoms with E-state index in [4.69, 9.17) is 0 Å². The van der Waals surface area contributed by atoms with Crippen LogP contribution in [0.2, 0.25) is 0 Å². The van der Waals surface area contributed by atoms with Crippen LogP contribution in [0.5, 0.6) is 0 Å². The molecule has 0 radical (unpaired) electrons. The van der Waals surface area contributed by atoms with Crippen LogP contribution in [-0.2, 0) is 15.1 Å². The zero-order valence-corrected chi connectivity index (χ0v) is 7.57. The van der Waals surface area contributed by atoms with Gasteiger partial charge in [-0.2, -0.15) is 0 Å². The number of nitrogens with one attached hydrogen (secondary N) is 1. The Hall–Kier alpha value is -1.36. The number of aromatic nitrogens is 2. The van der Waals surface area contributed by atoms with Gasteiger partial charge in [-0.15, -0.1) is 0 Å². The summed E-state index contributed by atoms with van der Waals surface area (Å²) in [5.41, 5.74) is -1.69. The predicted molar refractivity (Wildman–Crippen MR) is 44.8 cm³/mol. The Labute approximate surface area is 75.8 Å². The summed E-state index contributed by atoms with van der Waals surface area (Å²) in [7, 11) is 0. The van der Waals surface area contributed by atoms with E-state index < -0.39 is 11.6 Å². The molecule has 5 nitrogen and oxygen atoms in total. The molecule has 13 heavy (non-hydrogen) atoms. The first-order chi connectivity index (χ1) is 6.09. The van der Waals surface area contributed by atoms with E-state index in [-0.39, 0.29) is 12.4 Å². The van der Waals surface area contributed by atoms with Crippen LogP contribution in [0.15, 0.2) is 12.4 Å². The highest BCUT2D eigenvalue weighted by atomic mass is 16.5. The van der Waals surface area contributed by atoms with Crippen molar-refractivity contribution in [2.45, 2.75) is 19.4 Å². The highest BCUT2D eigenvalue weighted by Gasteiger charge is 2.36. The summed E-state index contributed by atoms with van der Waals surface area (Å²) in [6, 6.07) is 0. The van der Waals surface area contributed by atoms with Crippen LogP contribution in [0.25, 0.3) is 0 Å². The second kappa shape index (κ2) is 3.57. The summed E-state index contributed by atoms with van der Waals surface area (Å²) in [5, 5.41) is 9.71. The number of nitrogens with zero attached hydrogens (tertiary/aromatic N) is 1. The lowest BCUT2D eigenvalue weighted by atomic mass is 10.1. The molecule has 1 heterocycles. The molecule has 5 heteroatoms. The molecule has 0 spiro atoms. The third-order valence-corrected chi connectivity index (χ3v) is 1.63. The van der Waals surface area contributed by atoms with Crippen LogP contribution in [0.4, 0.5) is 0 Å². The Bertz CT molecular complexity index is 280. The van der Waals surface area contributed by atoms with Crippen molar-refractivity contribution in [3.8, 4) is 0 Å². The third kappa shape index (κ3) is 1.86. The molecule has 1 rings (SSSR count). The zero-order valence-electron chi connectivity index (χ0n) is 7.57. The normalized spacial score (nSPS) is 15.0. The minimum absolute atomic E-state index is 0.186. The van der Waals surface area contributed by atoms with Crippen molar-refractivity contribution in [1.82, 2.24) is 9.97 Å². The fraction of sp³-hybridized carbons (Fsp3) is 0.500. The lowest BCUT2D eigenvalue weighted by Crippen LogP contribution is -2.35. The van der Waals surface area contributed by atoms with E-state index in [0.717, 1.165) is 0 Å². The van der Waals surface area contributed by atoms with Gasteiger partial charge >= 0.3 is 5.97 Å². The largest absolute Gasteiger partial charge is 0.464 e. The summed E-state index contributed by atoms with van der Waals surface area (Å²) < 4.78 is 4.68. The number of hydrogen-bond acceptors (Lipinski definition) is 4. The first kappa shape index (κ1) is 9.73. The number of hydrogen-bond donors (Lipinski definition) is 2. The van der Waals surface area contributed by atoms with Crippen molar-refractivity contribution in [3.63, 3.8) is 0 Å². The minimum Gasteiger partial charge on any atom is -0.464 e. The van der Waals surface area contributed by atoms with Crippen molar-refractivity contribution >= 4 is 5.97 Å². The molecule has 1 aromatic rings. The molecule has 1 unspecified atom stereocenters. The van der Waals surface area contributed by atoms with E-state index in [9.17, 15) is 9.90 Å². The number of H-pyrrole nitrogens is 1. The maximum atomic E-state index is 11.2. The SMILES string of the molecule is CCOC(=O)C(C)(O)c1ncc[nH]1. The van der Waals surface area contributed by atoms with Crippen LogP contribution in [0, 0.1) is 0 Å². The van der Waals surface area contributed by atoms with Crippen LogP contribution < -0.4 is 0 Å².